The Morgan fingerprint density at radius 1 is 1.26 bits per heavy atom. The van der Waals surface area contributed by atoms with Crippen molar-refractivity contribution in [3.63, 3.8) is 0 Å². The summed E-state index contributed by atoms with van der Waals surface area (Å²) in [6, 6.07) is 11.4. The maximum absolute atomic E-state index is 8.56. The molecule has 1 aromatic carbocycles. The highest BCUT2D eigenvalue weighted by Gasteiger charge is 1.99. The average molecular weight is 259 g/mol. The van der Waals surface area contributed by atoms with E-state index < -0.39 is 0 Å². The zero-order valence-corrected chi connectivity index (χ0v) is 10.5. The Hall–Kier alpha value is -2.27. The Bertz CT molecular complexity index is 518. The zero-order valence-electron chi connectivity index (χ0n) is 10.5. The highest BCUT2D eigenvalue weighted by atomic mass is 16.4. The number of nitrogens with zero attached hydrogens (tertiary/aromatic N) is 1. The largest absolute Gasteiger partial charge is 0.469 e. The van der Waals surface area contributed by atoms with E-state index in [0.717, 1.165) is 30.8 Å². The van der Waals surface area contributed by atoms with Gasteiger partial charge in [-0.3, -0.25) is 0 Å². The van der Waals surface area contributed by atoms with Crippen LogP contribution >= 0.6 is 0 Å². The van der Waals surface area contributed by atoms with Crippen LogP contribution in [0.2, 0.25) is 0 Å². The van der Waals surface area contributed by atoms with Crippen molar-refractivity contribution in [2.24, 2.45) is 10.9 Å². The molecule has 0 amide bonds. The Morgan fingerprint density at radius 3 is 2.68 bits per heavy atom. The van der Waals surface area contributed by atoms with Gasteiger partial charge in [-0.1, -0.05) is 29.4 Å². The van der Waals surface area contributed by atoms with Crippen LogP contribution in [0, 0.1) is 0 Å². The lowest BCUT2D eigenvalue weighted by Crippen LogP contribution is -2.17. The summed E-state index contributed by atoms with van der Waals surface area (Å²) in [6.45, 7) is 1.63. The number of furan rings is 1. The number of hydrogen-bond donors (Lipinski definition) is 3. The van der Waals surface area contributed by atoms with E-state index in [1.807, 2.05) is 36.4 Å². The quantitative estimate of drug-likeness (QED) is 0.242. The average Bonchev–Trinajstić information content (AvgIpc) is 2.96. The highest BCUT2D eigenvalue weighted by Crippen LogP contribution is 2.04. The highest BCUT2D eigenvalue weighted by molar-refractivity contribution is 5.96. The molecular weight excluding hydrogens is 242 g/mol. The second-order valence-electron chi connectivity index (χ2n) is 4.19. The fraction of sp³-hybridized carbons (Fsp3) is 0.214. The van der Waals surface area contributed by atoms with Gasteiger partial charge in [0.1, 0.15) is 5.76 Å². The SMILES string of the molecule is NC(=NO)c1ccc(CNCCc2ccco2)cc1. The molecule has 0 fully saturated rings. The zero-order chi connectivity index (χ0) is 13.5. The molecule has 5 heteroatoms. The predicted octanol–water partition coefficient (Wildman–Crippen LogP) is 1.71. The van der Waals surface area contributed by atoms with Gasteiger partial charge in [0.25, 0.3) is 0 Å². The van der Waals surface area contributed by atoms with Gasteiger partial charge in [-0.05, 0) is 17.7 Å². The van der Waals surface area contributed by atoms with Gasteiger partial charge in [-0.15, -0.1) is 0 Å². The third-order valence-electron chi connectivity index (χ3n) is 2.81. The standard InChI is InChI=1S/C14H17N3O2/c15-14(17-18)12-5-3-11(4-6-12)10-16-8-7-13-2-1-9-19-13/h1-6,9,16,18H,7-8,10H2,(H2,15,17). The number of benzene rings is 1. The molecule has 1 aromatic heterocycles. The van der Waals surface area contributed by atoms with Crippen LogP contribution in [0.15, 0.2) is 52.2 Å². The van der Waals surface area contributed by atoms with Crippen LogP contribution in [0.25, 0.3) is 0 Å². The maximum atomic E-state index is 8.56. The molecule has 5 nitrogen and oxygen atoms in total. The van der Waals surface area contributed by atoms with Crippen molar-refractivity contribution in [1.29, 1.82) is 0 Å². The minimum absolute atomic E-state index is 0.123. The second kappa shape index (κ2) is 6.61. The molecule has 0 bridgehead atoms. The second-order valence-corrected chi connectivity index (χ2v) is 4.19. The Balaban J connectivity index is 1.77. The van der Waals surface area contributed by atoms with Gasteiger partial charge < -0.3 is 20.7 Å². The molecule has 0 unspecified atom stereocenters. The normalized spacial score (nSPS) is 11.7. The Labute approximate surface area is 111 Å². The summed E-state index contributed by atoms with van der Waals surface area (Å²) in [7, 11) is 0. The molecule has 0 aliphatic carbocycles. The number of nitrogens with two attached hydrogens (primary N) is 1. The van der Waals surface area contributed by atoms with Gasteiger partial charge in [0.05, 0.1) is 6.26 Å². The van der Waals surface area contributed by atoms with E-state index in [0.29, 0.717) is 5.56 Å². The van der Waals surface area contributed by atoms with Crippen LogP contribution in [0.4, 0.5) is 0 Å². The Morgan fingerprint density at radius 2 is 2.05 bits per heavy atom. The molecule has 0 saturated carbocycles. The van der Waals surface area contributed by atoms with Crippen molar-refractivity contribution in [3.8, 4) is 0 Å². The number of oxime groups is 1. The summed E-state index contributed by atoms with van der Waals surface area (Å²) in [5.41, 5.74) is 7.35. The van der Waals surface area contributed by atoms with Crippen LogP contribution in [-0.4, -0.2) is 17.6 Å². The molecule has 0 saturated heterocycles. The molecule has 2 rings (SSSR count). The molecule has 0 aliphatic rings. The number of nitrogens with one attached hydrogen (secondary N) is 1. The fourth-order valence-electron chi connectivity index (χ4n) is 1.75. The van der Waals surface area contributed by atoms with Crippen molar-refractivity contribution < 1.29 is 9.62 Å². The Kier molecular flexibility index (Phi) is 4.58. The lowest BCUT2D eigenvalue weighted by molar-refractivity contribution is 0.318. The molecule has 0 aliphatic heterocycles. The lowest BCUT2D eigenvalue weighted by Gasteiger charge is -2.05. The third-order valence-corrected chi connectivity index (χ3v) is 2.81. The molecule has 100 valence electrons. The number of hydrogen-bond acceptors (Lipinski definition) is 4. The summed E-state index contributed by atoms with van der Waals surface area (Å²) in [5.74, 6) is 1.10. The monoisotopic (exact) mass is 259 g/mol. The minimum Gasteiger partial charge on any atom is -0.469 e. The van der Waals surface area contributed by atoms with Crippen molar-refractivity contribution >= 4 is 5.84 Å². The predicted molar refractivity (Wildman–Crippen MR) is 73.1 cm³/mol. The van der Waals surface area contributed by atoms with Gasteiger partial charge >= 0.3 is 0 Å². The van der Waals surface area contributed by atoms with Gasteiger partial charge in [-0.25, -0.2) is 0 Å². The molecule has 19 heavy (non-hydrogen) atoms. The minimum atomic E-state index is 0.123. The molecule has 2 aromatic rings. The van der Waals surface area contributed by atoms with E-state index in [1.54, 1.807) is 6.26 Å². The summed E-state index contributed by atoms with van der Waals surface area (Å²) in [6.07, 6.45) is 2.55. The summed E-state index contributed by atoms with van der Waals surface area (Å²) in [4.78, 5) is 0. The molecule has 0 spiro atoms. The number of amidine groups is 1. The molecular formula is C14H17N3O2. The fourth-order valence-corrected chi connectivity index (χ4v) is 1.75. The first-order valence-corrected chi connectivity index (χ1v) is 6.09. The van der Waals surface area contributed by atoms with Gasteiger partial charge in [-0.2, -0.15) is 0 Å². The van der Waals surface area contributed by atoms with Crippen LogP contribution in [0.5, 0.6) is 0 Å². The van der Waals surface area contributed by atoms with E-state index in [1.165, 1.54) is 0 Å². The van der Waals surface area contributed by atoms with E-state index in [4.69, 9.17) is 15.4 Å². The van der Waals surface area contributed by atoms with Crippen LogP contribution in [0.1, 0.15) is 16.9 Å². The van der Waals surface area contributed by atoms with Gasteiger partial charge in [0, 0.05) is 25.1 Å². The summed E-state index contributed by atoms with van der Waals surface area (Å²) in [5, 5.41) is 14.9. The van der Waals surface area contributed by atoms with E-state index in [9.17, 15) is 0 Å². The first kappa shape index (κ1) is 13.2. The molecule has 4 N–H and O–H groups in total. The first-order valence-electron chi connectivity index (χ1n) is 6.09. The van der Waals surface area contributed by atoms with Crippen molar-refractivity contribution in [3.05, 3.63) is 59.5 Å². The van der Waals surface area contributed by atoms with Crippen LogP contribution < -0.4 is 11.1 Å². The summed E-state index contributed by atoms with van der Waals surface area (Å²) < 4.78 is 5.25. The van der Waals surface area contributed by atoms with E-state index in [2.05, 4.69) is 10.5 Å². The summed E-state index contributed by atoms with van der Waals surface area (Å²) >= 11 is 0. The smallest absolute Gasteiger partial charge is 0.170 e. The molecule has 0 atom stereocenters. The lowest BCUT2D eigenvalue weighted by atomic mass is 10.1. The first-order chi connectivity index (χ1) is 9.29. The third kappa shape index (κ3) is 3.86. The van der Waals surface area contributed by atoms with Crippen molar-refractivity contribution in [2.75, 3.05) is 6.54 Å². The van der Waals surface area contributed by atoms with Crippen LogP contribution in [0.3, 0.4) is 0 Å². The molecule has 0 radical (unpaired) electrons. The number of rotatable bonds is 6. The van der Waals surface area contributed by atoms with E-state index in [-0.39, 0.29) is 5.84 Å². The van der Waals surface area contributed by atoms with Crippen LogP contribution in [-0.2, 0) is 13.0 Å². The van der Waals surface area contributed by atoms with Gasteiger partial charge in [0.2, 0.25) is 0 Å². The van der Waals surface area contributed by atoms with Gasteiger partial charge in [0.15, 0.2) is 5.84 Å². The van der Waals surface area contributed by atoms with E-state index >= 15 is 0 Å². The maximum Gasteiger partial charge on any atom is 0.170 e. The molecule has 1 heterocycles. The van der Waals surface area contributed by atoms with Crippen molar-refractivity contribution in [1.82, 2.24) is 5.32 Å². The topological polar surface area (TPSA) is 83.8 Å². The van der Waals surface area contributed by atoms with Crippen molar-refractivity contribution in [2.45, 2.75) is 13.0 Å².